The number of aliphatic imine (C=N–C) groups is 1. The number of carbonyl (C=O) groups excluding carboxylic acids is 10. The summed E-state index contributed by atoms with van der Waals surface area (Å²) in [7, 11) is 1.38. The minimum absolute atomic E-state index is 0.0150. The van der Waals surface area contributed by atoms with E-state index in [9.17, 15) is 62.6 Å². The zero-order valence-electron chi connectivity index (χ0n) is 53.2. The maximum Gasteiger partial charge on any atom is 0.328 e. The van der Waals surface area contributed by atoms with E-state index in [4.69, 9.17) is 41.4 Å². The molecule has 1 unspecified atom stereocenters. The molecule has 3 aromatic rings. The van der Waals surface area contributed by atoms with Crippen LogP contribution in [0.4, 0.5) is 11.5 Å². The molecule has 0 aliphatic carbocycles. The summed E-state index contributed by atoms with van der Waals surface area (Å²) in [4.78, 5) is 163. The topological polar surface area (TPSA) is 543 Å². The van der Waals surface area contributed by atoms with Crippen LogP contribution in [0.25, 0.3) is 5.32 Å². The van der Waals surface area contributed by atoms with Crippen molar-refractivity contribution < 1.29 is 111 Å². The molecule has 521 valence electrons. The van der Waals surface area contributed by atoms with Gasteiger partial charge in [0.2, 0.25) is 29.5 Å². The number of esters is 2. The second kappa shape index (κ2) is 44.1. The fraction of sp³-hybridized carbons (Fsp3) is 0.508. The Morgan fingerprint density at radius 3 is 2.09 bits per heavy atom. The monoisotopic (exact) mass is 1420 g/mol. The third-order valence-corrected chi connectivity index (χ3v) is 13.6. The van der Waals surface area contributed by atoms with Crippen LogP contribution in [-0.2, 0) is 77.9 Å². The number of nitrogens with zero attached hydrogens (tertiary/aromatic N) is 7. The smallest absolute Gasteiger partial charge is 0.328 e. The van der Waals surface area contributed by atoms with Crippen molar-refractivity contribution in [2.45, 2.75) is 122 Å². The average molecular weight is 1420 g/mol. The third-order valence-electron chi connectivity index (χ3n) is 13.4. The molecule has 2 bridgehead atoms. The van der Waals surface area contributed by atoms with E-state index in [1.165, 1.54) is 56.0 Å². The number of aromatic nitrogens is 2. The molecule has 4 rings (SSSR count). The summed E-state index contributed by atoms with van der Waals surface area (Å²) in [6, 6.07) is 5.82. The Labute approximate surface area is 557 Å². The van der Waals surface area contributed by atoms with Crippen molar-refractivity contribution in [2.75, 3.05) is 71.6 Å². The number of aliphatic carboxylic acids is 2. The fourth-order valence-corrected chi connectivity index (χ4v) is 8.52. The van der Waals surface area contributed by atoms with Crippen LogP contribution in [-0.4, -0.2) is 213 Å². The number of fused-ring (bicyclic) bond motifs is 2. The Kier molecular flexibility index (Phi) is 37.8. The van der Waals surface area contributed by atoms with Crippen LogP contribution in [0.1, 0.15) is 122 Å². The fourth-order valence-electron chi connectivity index (χ4n) is 8.33. The Balaban J connectivity index is 0.000000732. The number of nitrogens with one attached hydrogen (secondary N) is 7. The van der Waals surface area contributed by atoms with Gasteiger partial charge < -0.3 is 88.6 Å². The van der Waals surface area contributed by atoms with Gasteiger partial charge in [-0.05, 0) is 81.5 Å². The number of guanidine groups is 1. The summed E-state index contributed by atoms with van der Waals surface area (Å²) in [6.45, 7) is 4.57. The molecule has 0 radical (unpaired) electrons. The van der Waals surface area contributed by atoms with E-state index < -0.39 is 134 Å². The summed E-state index contributed by atoms with van der Waals surface area (Å²) in [5.74, 6) is -8.72. The van der Waals surface area contributed by atoms with E-state index in [-0.39, 0.29) is 87.4 Å². The first-order valence-corrected chi connectivity index (χ1v) is 30.7. The van der Waals surface area contributed by atoms with Gasteiger partial charge in [-0.1, -0.05) is 19.4 Å². The minimum atomic E-state index is -1.55. The van der Waals surface area contributed by atoms with Crippen molar-refractivity contribution in [2.24, 2.45) is 27.5 Å². The molecule has 3 heterocycles. The molecular weight excluding hydrogens is 1330 g/mol. The number of likely N-dealkylation sites (N-methyl/N-ethyl adjacent to an activating group) is 1. The zero-order chi connectivity index (χ0) is 71.0. The van der Waals surface area contributed by atoms with E-state index in [1.807, 2.05) is 0 Å². The quantitative estimate of drug-likeness (QED) is 0.00900. The van der Waals surface area contributed by atoms with Gasteiger partial charge in [0.15, 0.2) is 5.96 Å². The van der Waals surface area contributed by atoms with Crippen molar-refractivity contribution in [3.63, 3.8) is 0 Å². The van der Waals surface area contributed by atoms with E-state index in [0.29, 0.717) is 48.3 Å². The first-order chi connectivity index (χ1) is 45.2. The number of unbranched alkanes of at least 4 members (excludes halogenated alkanes) is 2. The SMILES string of the molecule is CC(C)[C@H]1NC(=O)c2cc(cc(NC(=O)CCCCCNC(=O)c3ccc(N=[N+]=[Tc])nc3)c2)CNC(=O)[C@H](CC(=O)O)NC(=O)CNC(=O)[C@H](CCCN=C(N)N)N(C)C1=O.CCOC(=O)CCC(NC(=O)c1ccncc1)C(=O)OCC.O=C(O)C[N-]C(CO)(CO)CO. The first kappa shape index (κ1) is 81.5. The molecule has 2 aromatic heterocycles. The predicted molar refractivity (Wildman–Crippen MR) is 334 cm³/mol. The van der Waals surface area contributed by atoms with Gasteiger partial charge in [-0.15, -0.1) is 0 Å². The molecule has 0 fully saturated rings. The summed E-state index contributed by atoms with van der Waals surface area (Å²) in [6.07, 6.45) is 5.77. The standard InChI is InChI=1S/C38H52N13O9.C15H20N2O5.C6H12NO5.Tc/c1-21(2)32-37(60)51(3)27(8-7-13-43-38(39)40)36(59)46-20-30(53)48-26(17-31(54)55)35(58)45-18-22-14-24(34(57)49-32)16-25(15-22)47-29(52)9-5-4-6-12-42-33(56)23-10-11-28(50-41)44-19-23;1-3-21-13(18)6-5-12(15(20)22-4-2)17-14(19)11-7-9-16-10-8-11;8-2-6(3-9,4-10)7-1-5(11)12;/h10-11,14-16,19,21,26-27,32H,4-9,12-13,17-18,20H2,1-3H3,(H,42,56)(H,45,58)(H,46,59)(H,47,52)(H,48,53)(H,49,57)(H,54,55)(H4,39,40,43);7-10,12H,3-6H2,1-2H3,(H,17,19);8-10H,1-4H2,(H,11,12);/q-1;;-1;+2/t26-,27-,32+;;;/m0.../s1. The van der Waals surface area contributed by atoms with Gasteiger partial charge in [-0.3, -0.25) is 57.9 Å². The summed E-state index contributed by atoms with van der Waals surface area (Å²) < 4.78 is 13.3. The number of carboxylic acids is 2. The van der Waals surface area contributed by atoms with Crippen LogP contribution in [0, 0.1) is 5.92 Å². The largest absolute Gasteiger partial charge is 0.642 e. The number of hydrogen-bond donors (Lipinski definition) is 14. The van der Waals surface area contributed by atoms with Crippen LogP contribution in [0.15, 0.2) is 71.2 Å². The first-order valence-electron chi connectivity index (χ1n) is 29.8. The van der Waals surface area contributed by atoms with Crippen molar-refractivity contribution in [3.05, 3.63) is 88.6 Å². The van der Waals surface area contributed by atoms with Crippen LogP contribution < -0.4 is 52.1 Å². The number of pyridine rings is 2. The molecule has 4 atom stereocenters. The van der Waals surface area contributed by atoms with Crippen molar-refractivity contribution in [1.82, 2.24) is 50.2 Å². The maximum absolute atomic E-state index is 14.0. The third kappa shape index (κ3) is 31.3. The van der Waals surface area contributed by atoms with Gasteiger partial charge in [-0.2, -0.15) is 0 Å². The Morgan fingerprint density at radius 2 is 1.51 bits per heavy atom. The molecule has 16 N–H and O–H groups in total. The molecule has 1 aliphatic rings. The van der Waals surface area contributed by atoms with E-state index in [0.717, 1.165) is 4.90 Å². The molecule has 1 aliphatic heterocycles. The van der Waals surface area contributed by atoms with Gasteiger partial charge in [0.05, 0.1) is 26.2 Å². The second-order valence-electron chi connectivity index (χ2n) is 21.1. The second-order valence-corrected chi connectivity index (χ2v) is 21.5. The Bertz CT molecular complexity index is 3140. The van der Waals surface area contributed by atoms with Gasteiger partial charge in [0.1, 0.15) is 24.2 Å². The van der Waals surface area contributed by atoms with Crippen LogP contribution in [0.5, 0.6) is 0 Å². The number of ether oxygens (including phenoxy) is 2. The number of aliphatic hydroxyl groups is 3. The van der Waals surface area contributed by atoms with Gasteiger partial charge in [-0.25, -0.2) is 4.79 Å². The summed E-state index contributed by atoms with van der Waals surface area (Å²) in [5, 5.41) is 69.2. The molecule has 8 amide bonds. The molecular formula is C59H84N16O19Tc. The van der Waals surface area contributed by atoms with E-state index in [1.54, 1.807) is 58.5 Å². The number of anilines is 1. The van der Waals surface area contributed by atoms with E-state index in [2.05, 4.69) is 66.0 Å². The van der Waals surface area contributed by atoms with Gasteiger partial charge in [0.25, 0.3) is 17.8 Å². The number of carbonyl (C=O) groups is 12. The summed E-state index contributed by atoms with van der Waals surface area (Å²) in [5.41, 5.74) is 10.7. The molecule has 0 saturated carbocycles. The van der Waals surface area contributed by atoms with E-state index >= 15 is 0 Å². The average Bonchev–Trinajstić information content (AvgIpc) is 0.855. The van der Waals surface area contributed by atoms with Crippen LogP contribution in [0.3, 0.4) is 0 Å². The number of hydrogen-bond acceptors (Lipinski definition) is 21. The Hall–Kier alpha value is -9.57. The van der Waals surface area contributed by atoms with Crippen molar-refractivity contribution >= 4 is 88.6 Å². The number of benzene rings is 1. The van der Waals surface area contributed by atoms with Gasteiger partial charge in [0, 0.05) is 82.0 Å². The predicted octanol–water partition coefficient (Wildman–Crippen LogP) is -1.52. The van der Waals surface area contributed by atoms with Crippen LogP contribution in [0.2, 0.25) is 0 Å². The number of carboxylic acid groups (broad SMARTS) is 2. The normalized spacial score (nSPS) is 15.4. The Morgan fingerprint density at radius 1 is 0.832 bits per heavy atom. The van der Waals surface area contributed by atoms with Crippen molar-refractivity contribution in [1.29, 1.82) is 0 Å². The maximum atomic E-state index is 14.0. The number of nitrogens with two attached hydrogens (primary N) is 2. The van der Waals surface area contributed by atoms with Gasteiger partial charge >= 0.3 is 122 Å². The zero-order valence-corrected chi connectivity index (χ0v) is 55.1. The number of rotatable bonds is 30. The molecule has 0 spiro atoms. The molecule has 1 aromatic carbocycles. The minimum Gasteiger partial charge on any atom is -0.642 e. The number of amides is 8. The molecule has 0 saturated heterocycles. The van der Waals surface area contributed by atoms with Crippen LogP contribution >= 0.6 is 0 Å². The number of aliphatic hydroxyl groups excluding tert-OH is 3. The summed E-state index contributed by atoms with van der Waals surface area (Å²) >= 11 is 1.72. The molecule has 36 heteroatoms. The molecule has 35 nitrogen and oxygen atoms in total. The van der Waals surface area contributed by atoms with Crippen molar-refractivity contribution in [3.8, 4) is 0 Å². The molecule has 95 heavy (non-hydrogen) atoms.